The lowest BCUT2D eigenvalue weighted by Crippen LogP contribution is -2.26. The highest BCUT2D eigenvalue weighted by Gasteiger charge is 2.33. The van der Waals surface area contributed by atoms with Crippen molar-refractivity contribution in [3.05, 3.63) is 45.3 Å². The number of Topliss-reactive ketones (excluding diaryl/α,β-unsaturated/α-hetero) is 1. The number of ketones is 1. The minimum absolute atomic E-state index is 0.0454. The predicted molar refractivity (Wildman–Crippen MR) is 65.0 cm³/mol. The third-order valence-electron chi connectivity index (χ3n) is 2.32. The summed E-state index contributed by atoms with van der Waals surface area (Å²) in [5.74, 6) is -1.97. The van der Waals surface area contributed by atoms with Crippen molar-refractivity contribution in [1.29, 1.82) is 0 Å². The maximum absolute atomic E-state index is 12.0. The van der Waals surface area contributed by atoms with Crippen molar-refractivity contribution in [3.8, 4) is 0 Å². The summed E-state index contributed by atoms with van der Waals surface area (Å²) in [4.78, 5) is 28.6. The smallest absolute Gasteiger partial charge is 0.446 e. The third kappa shape index (κ3) is 2.84. The van der Waals surface area contributed by atoms with Gasteiger partial charge in [-0.25, -0.2) is 4.79 Å². The number of aryl methyl sites for hydroxylation is 1. The van der Waals surface area contributed by atoms with Gasteiger partial charge in [-0.05, 0) is 18.0 Å². The van der Waals surface area contributed by atoms with Crippen molar-refractivity contribution in [2.75, 3.05) is 7.11 Å². The molecule has 1 rings (SSSR count). The zero-order valence-electron chi connectivity index (χ0n) is 10.2. The van der Waals surface area contributed by atoms with Gasteiger partial charge in [-0.1, -0.05) is 23.3 Å². The Morgan fingerprint density at radius 3 is 2.53 bits per heavy atom. The highest BCUT2D eigenvalue weighted by molar-refractivity contribution is 6.66. The van der Waals surface area contributed by atoms with Crippen LogP contribution in [-0.4, -0.2) is 29.4 Å². The molecule has 0 aliphatic heterocycles. The number of azide groups is 1. The van der Waals surface area contributed by atoms with E-state index in [1.807, 2.05) is 0 Å². The summed E-state index contributed by atoms with van der Waals surface area (Å²) in [5.41, 5.74) is 17.0. The van der Waals surface area contributed by atoms with Crippen LogP contribution in [0.15, 0.2) is 23.3 Å². The van der Waals surface area contributed by atoms with E-state index >= 15 is 0 Å². The minimum Gasteiger partial charge on any atom is -0.460 e. The van der Waals surface area contributed by atoms with Gasteiger partial charge in [0.15, 0.2) is 0 Å². The molecule has 0 bridgehead atoms. The molecule has 1 aromatic rings. The van der Waals surface area contributed by atoms with Gasteiger partial charge in [-0.15, -0.1) is 0 Å². The Morgan fingerprint density at radius 2 is 2.00 bits per heavy atom. The molecule has 8 heteroatoms. The van der Waals surface area contributed by atoms with Crippen LogP contribution < -0.4 is 0 Å². The van der Waals surface area contributed by atoms with Crippen LogP contribution in [0.2, 0.25) is 0 Å². The molecule has 0 spiro atoms. The lowest BCUT2D eigenvalue weighted by atomic mass is 10.0. The van der Waals surface area contributed by atoms with Crippen LogP contribution in [0.5, 0.6) is 0 Å². The largest absolute Gasteiger partial charge is 0.460 e. The van der Waals surface area contributed by atoms with Crippen LogP contribution in [0.25, 0.3) is 16.0 Å². The average molecular weight is 259 g/mol. The molecule has 96 valence electrons. The van der Waals surface area contributed by atoms with Crippen LogP contribution >= 0.6 is 0 Å². The highest BCUT2D eigenvalue weighted by Crippen LogP contribution is 2.24. The number of ether oxygens (including phenoxy) is 1. The Bertz CT molecular complexity index is 640. The summed E-state index contributed by atoms with van der Waals surface area (Å²) in [7, 11) is 1.05. The van der Waals surface area contributed by atoms with Crippen LogP contribution in [0.4, 0.5) is 5.69 Å². The predicted octanol–water partition coefficient (Wildman–Crippen LogP) is 1.96. The molecule has 0 aromatic heterocycles. The standard InChI is InChI=1S/C11H9N5O3/c1-6-4-3-5-7(8(6)15-16-13)10(17)9(14-12)11(18)19-2/h3-5H,1-2H3. The first-order chi connectivity index (χ1) is 9.06. The number of carbonyl (C=O) groups excluding carboxylic acids is 2. The first-order valence-corrected chi connectivity index (χ1v) is 5.06. The van der Waals surface area contributed by atoms with Crippen LogP contribution in [0.1, 0.15) is 15.9 Å². The summed E-state index contributed by atoms with van der Waals surface area (Å²) < 4.78 is 4.32. The first-order valence-electron chi connectivity index (χ1n) is 5.06. The molecular weight excluding hydrogens is 250 g/mol. The summed E-state index contributed by atoms with van der Waals surface area (Å²) >= 11 is 0. The maximum Gasteiger partial charge on any atom is 0.446 e. The molecule has 0 fully saturated rings. The molecule has 0 N–H and O–H groups in total. The van der Waals surface area contributed by atoms with Crippen molar-refractivity contribution in [1.82, 2.24) is 0 Å². The van der Waals surface area contributed by atoms with Gasteiger partial charge in [0.1, 0.15) is 0 Å². The van der Waals surface area contributed by atoms with Crippen LogP contribution in [-0.2, 0) is 9.53 Å². The molecular formula is C11H9N5O3. The van der Waals surface area contributed by atoms with Crippen molar-refractivity contribution < 1.29 is 19.1 Å². The van der Waals surface area contributed by atoms with Crippen molar-refractivity contribution in [2.24, 2.45) is 5.11 Å². The molecule has 0 aliphatic carbocycles. The molecule has 8 nitrogen and oxygen atoms in total. The normalized spacial score (nSPS) is 8.95. The van der Waals surface area contributed by atoms with Gasteiger partial charge in [0, 0.05) is 10.5 Å². The van der Waals surface area contributed by atoms with E-state index in [9.17, 15) is 9.59 Å². The number of rotatable bonds is 4. The molecule has 19 heavy (non-hydrogen) atoms. The number of carbonyl (C=O) groups is 2. The molecule has 0 radical (unpaired) electrons. The van der Waals surface area contributed by atoms with Gasteiger partial charge in [0.25, 0.3) is 5.78 Å². The minimum atomic E-state index is -1.08. The summed E-state index contributed by atoms with van der Waals surface area (Å²) in [5, 5.41) is 3.40. The second-order valence-electron chi connectivity index (χ2n) is 3.43. The maximum atomic E-state index is 12.0. The van der Waals surface area contributed by atoms with E-state index in [2.05, 4.69) is 19.6 Å². The molecule has 0 unspecified atom stereocenters. The Kier molecular flexibility index (Phi) is 4.54. The van der Waals surface area contributed by atoms with Crippen molar-refractivity contribution in [2.45, 2.75) is 6.92 Å². The fourth-order valence-corrected chi connectivity index (χ4v) is 1.42. The lowest BCUT2D eigenvalue weighted by Gasteiger charge is -2.04. The number of hydrogen-bond acceptors (Lipinski definition) is 4. The zero-order valence-corrected chi connectivity index (χ0v) is 10.2. The van der Waals surface area contributed by atoms with Gasteiger partial charge < -0.3 is 10.3 Å². The second-order valence-corrected chi connectivity index (χ2v) is 3.43. The summed E-state index contributed by atoms with van der Waals surface area (Å²) in [6.45, 7) is 1.63. The molecule has 0 saturated heterocycles. The fourth-order valence-electron chi connectivity index (χ4n) is 1.42. The van der Waals surface area contributed by atoms with Crippen LogP contribution in [0.3, 0.4) is 0 Å². The SMILES string of the molecule is COC(=O)C(=[N+]=[N-])C(=O)c1cccc(C)c1N=[N+]=[N-]. The monoisotopic (exact) mass is 259 g/mol. The first kappa shape index (κ1) is 14.1. The van der Waals surface area contributed by atoms with E-state index in [-0.39, 0.29) is 11.3 Å². The van der Waals surface area contributed by atoms with E-state index in [1.165, 1.54) is 6.07 Å². The second kappa shape index (κ2) is 6.11. The van der Waals surface area contributed by atoms with E-state index < -0.39 is 17.5 Å². The molecule has 0 aliphatic rings. The molecule has 0 amide bonds. The van der Waals surface area contributed by atoms with Crippen molar-refractivity contribution >= 4 is 23.2 Å². The number of hydrogen-bond donors (Lipinski definition) is 0. The highest BCUT2D eigenvalue weighted by atomic mass is 16.5. The quantitative estimate of drug-likeness (QED) is 0.156. The number of benzene rings is 1. The Labute approximate surface area is 107 Å². The van der Waals surface area contributed by atoms with E-state index in [4.69, 9.17) is 11.1 Å². The Morgan fingerprint density at radius 1 is 1.32 bits per heavy atom. The van der Waals surface area contributed by atoms with Gasteiger partial charge in [-0.2, -0.15) is 4.79 Å². The van der Waals surface area contributed by atoms with Gasteiger partial charge in [-0.3, -0.25) is 4.79 Å². The lowest BCUT2D eigenvalue weighted by molar-refractivity contribution is -0.137. The number of esters is 1. The number of methoxy groups -OCH3 is 1. The summed E-state index contributed by atoms with van der Waals surface area (Å²) in [6, 6.07) is 4.54. The zero-order chi connectivity index (χ0) is 14.4. The molecule has 0 heterocycles. The van der Waals surface area contributed by atoms with Crippen LogP contribution in [0, 0.1) is 6.92 Å². The molecule has 0 atom stereocenters. The van der Waals surface area contributed by atoms with Gasteiger partial charge in [0.2, 0.25) is 0 Å². The number of nitrogens with zero attached hydrogens (tertiary/aromatic N) is 5. The van der Waals surface area contributed by atoms with E-state index in [0.717, 1.165) is 7.11 Å². The van der Waals surface area contributed by atoms with Gasteiger partial charge >= 0.3 is 11.7 Å². The van der Waals surface area contributed by atoms with E-state index in [0.29, 0.717) is 5.56 Å². The average Bonchev–Trinajstić information content (AvgIpc) is 2.41. The Balaban J connectivity index is 3.43. The van der Waals surface area contributed by atoms with Crippen molar-refractivity contribution in [3.63, 3.8) is 0 Å². The van der Waals surface area contributed by atoms with Gasteiger partial charge in [0.05, 0.1) is 12.8 Å². The Hall–Kier alpha value is -2.95. The third-order valence-corrected chi connectivity index (χ3v) is 2.32. The fraction of sp³-hybridized carbons (Fsp3) is 0.182. The topological polar surface area (TPSA) is 129 Å². The summed E-state index contributed by atoms with van der Waals surface area (Å²) in [6.07, 6.45) is 0. The molecule has 1 aromatic carbocycles. The van der Waals surface area contributed by atoms with E-state index in [1.54, 1.807) is 19.1 Å². The molecule has 0 saturated carbocycles.